The Hall–Kier alpha value is -1.52. The fourth-order valence-electron chi connectivity index (χ4n) is 1.58. The molecule has 0 aliphatic heterocycles. The van der Waals surface area contributed by atoms with E-state index in [0.29, 0.717) is 16.0 Å². The molecule has 2 aromatic heterocycles. The van der Waals surface area contributed by atoms with Crippen molar-refractivity contribution in [2.24, 2.45) is 0 Å². The maximum Gasteiger partial charge on any atom is 0.257 e. The van der Waals surface area contributed by atoms with Crippen molar-refractivity contribution in [2.45, 2.75) is 11.0 Å². The second kappa shape index (κ2) is 5.00. The molecule has 90 valence electrons. The summed E-state index contributed by atoms with van der Waals surface area (Å²) in [4.78, 5) is 8.62. The lowest BCUT2D eigenvalue weighted by molar-refractivity contribution is 0.489. The fraction of sp³-hybridized carbons (Fsp3) is 0.0769. The highest BCUT2D eigenvalue weighted by molar-refractivity contribution is 7.98. The van der Waals surface area contributed by atoms with Gasteiger partial charge in [0.05, 0.1) is 5.69 Å². The maximum atomic E-state index is 5.90. The molecule has 0 fully saturated rings. The fourth-order valence-corrected chi connectivity index (χ4v) is 2.50. The van der Waals surface area contributed by atoms with Crippen molar-refractivity contribution in [3.63, 3.8) is 0 Å². The molecule has 0 radical (unpaired) electrons. The number of pyridine rings is 1. The first-order chi connectivity index (χ1) is 8.81. The molecule has 0 atom stereocenters. The van der Waals surface area contributed by atoms with E-state index in [1.807, 2.05) is 30.3 Å². The first kappa shape index (κ1) is 11.6. The van der Waals surface area contributed by atoms with Crippen LogP contribution in [0.5, 0.6) is 0 Å². The minimum Gasteiger partial charge on any atom is -0.431 e. The van der Waals surface area contributed by atoms with Gasteiger partial charge >= 0.3 is 0 Å². The monoisotopic (exact) mass is 276 g/mol. The highest BCUT2D eigenvalue weighted by Gasteiger charge is 2.06. The molecule has 0 aliphatic carbocycles. The van der Waals surface area contributed by atoms with Gasteiger partial charge in [0.1, 0.15) is 5.52 Å². The Morgan fingerprint density at radius 2 is 2.11 bits per heavy atom. The van der Waals surface area contributed by atoms with Gasteiger partial charge in [0.2, 0.25) is 0 Å². The topological polar surface area (TPSA) is 38.9 Å². The van der Waals surface area contributed by atoms with Crippen LogP contribution in [0.1, 0.15) is 5.69 Å². The molecule has 3 rings (SSSR count). The summed E-state index contributed by atoms with van der Waals surface area (Å²) in [5, 5.41) is 1.34. The van der Waals surface area contributed by atoms with Gasteiger partial charge in [-0.25, -0.2) is 4.98 Å². The van der Waals surface area contributed by atoms with Gasteiger partial charge in [-0.15, -0.1) is 0 Å². The summed E-state index contributed by atoms with van der Waals surface area (Å²) in [6.45, 7) is 0. The second-order valence-corrected chi connectivity index (χ2v) is 5.06. The molecule has 3 nitrogen and oxygen atoms in total. The van der Waals surface area contributed by atoms with E-state index in [1.165, 1.54) is 11.8 Å². The van der Waals surface area contributed by atoms with E-state index in [9.17, 15) is 0 Å². The molecule has 5 heteroatoms. The quantitative estimate of drug-likeness (QED) is 0.673. The number of thioether (sulfide) groups is 1. The highest BCUT2D eigenvalue weighted by Crippen LogP contribution is 2.25. The molecular weight excluding hydrogens is 268 g/mol. The summed E-state index contributed by atoms with van der Waals surface area (Å²) >= 11 is 7.41. The number of hydrogen-bond donors (Lipinski definition) is 0. The van der Waals surface area contributed by atoms with Crippen molar-refractivity contribution in [1.82, 2.24) is 9.97 Å². The van der Waals surface area contributed by atoms with Gasteiger partial charge in [-0.3, -0.25) is 4.98 Å². The molecule has 2 heterocycles. The number of rotatable bonds is 3. The van der Waals surface area contributed by atoms with Crippen LogP contribution >= 0.6 is 23.4 Å². The van der Waals surface area contributed by atoms with Gasteiger partial charge in [-0.2, -0.15) is 0 Å². The molecule has 0 saturated carbocycles. The smallest absolute Gasteiger partial charge is 0.257 e. The van der Waals surface area contributed by atoms with Gasteiger partial charge in [-0.1, -0.05) is 35.5 Å². The molecule has 0 spiro atoms. The third-order valence-corrected chi connectivity index (χ3v) is 3.49. The van der Waals surface area contributed by atoms with E-state index in [0.717, 1.165) is 16.8 Å². The van der Waals surface area contributed by atoms with Crippen molar-refractivity contribution in [3.05, 3.63) is 53.3 Å². The molecule has 0 unspecified atom stereocenters. The van der Waals surface area contributed by atoms with Crippen LogP contribution in [0, 0.1) is 0 Å². The van der Waals surface area contributed by atoms with Crippen molar-refractivity contribution in [2.75, 3.05) is 0 Å². The van der Waals surface area contributed by atoms with Crippen LogP contribution in [0.2, 0.25) is 5.02 Å². The van der Waals surface area contributed by atoms with Gasteiger partial charge in [0, 0.05) is 17.0 Å². The van der Waals surface area contributed by atoms with E-state index in [1.54, 1.807) is 12.3 Å². The Bertz CT molecular complexity index is 650. The van der Waals surface area contributed by atoms with Crippen LogP contribution in [0.15, 0.2) is 52.2 Å². The first-order valence-corrected chi connectivity index (χ1v) is 6.76. The van der Waals surface area contributed by atoms with Crippen molar-refractivity contribution in [1.29, 1.82) is 0 Å². The highest BCUT2D eigenvalue weighted by atomic mass is 35.5. The van der Waals surface area contributed by atoms with Gasteiger partial charge in [0.15, 0.2) is 5.58 Å². The van der Waals surface area contributed by atoms with E-state index < -0.39 is 0 Å². The number of benzene rings is 1. The van der Waals surface area contributed by atoms with Crippen LogP contribution in [0.3, 0.4) is 0 Å². The normalized spacial score (nSPS) is 10.9. The molecule has 0 aliphatic rings. The molecular formula is C13H9ClN2OS. The summed E-state index contributed by atoms with van der Waals surface area (Å²) in [5.74, 6) is 0.688. The number of oxazole rings is 1. The summed E-state index contributed by atoms with van der Waals surface area (Å²) in [6.07, 6.45) is 1.70. The molecule has 0 amide bonds. The summed E-state index contributed by atoms with van der Waals surface area (Å²) in [5.41, 5.74) is 2.59. The van der Waals surface area contributed by atoms with Crippen LogP contribution in [-0.4, -0.2) is 9.97 Å². The molecule has 0 N–H and O–H groups in total. The van der Waals surface area contributed by atoms with Crippen LogP contribution < -0.4 is 0 Å². The zero-order valence-electron chi connectivity index (χ0n) is 9.34. The van der Waals surface area contributed by atoms with Crippen molar-refractivity contribution in [3.8, 4) is 0 Å². The Labute approximate surface area is 113 Å². The Morgan fingerprint density at radius 3 is 2.94 bits per heavy atom. The molecule has 3 aromatic rings. The largest absolute Gasteiger partial charge is 0.431 e. The van der Waals surface area contributed by atoms with E-state index in [2.05, 4.69) is 9.97 Å². The SMILES string of the molecule is Clc1ccnc(CSc2nc3ccccc3o2)c1. The third-order valence-electron chi connectivity index (χ3n) is 2.40. The van der Waals surface area contributed by atoms with Crippen LogP contribution in [0.25, 0.3) is 11.1 Å². The lowest BCUT2D eigenvalue weighted by Crippen LogP contribution is -1.85. The zero-order chi connectivity index (χ0) is 12.4. The Kier molecular flexibility index (Phi) is 3.21. The molecule has 1 aromatic carbocycles. The lowest BCUT2D eigenvalue weighted by Gasteiger charge is -1.97. The summed E-state index contributed by atoms with van der Waals surface area (Å²) < 4.78 is 5.61. The number of para-hydroxylation sites is 2. The van der Waals surface area contributed by atoms with Gasteiger partial charge in [0.25, 0.3) is 5.22 Å². The number of hydrogen-bond acceptors (Lipinski definition) is 4. The lowest BCUT2D eigenvalue weighted by atomic mass is 10.3. The van der Waals surface area contributed by atoms with Crippen molar-refractivity contribution >= 4 is 34.5 Å². The van der Waals surface area contributed by atoms with E-state index in [-0.39, 0.29) is 0 Å². The Morgan fingerprint density at radius 1 is 1.22 bits per heavy atom. The zero-order valence-corrected chi connectivity index (χ0v) is 10.9. The summed E-state index contributed by atoms with van der Waals surface area (Å²) in [7, 11) is 0. The minimum absolute atomic E-state index is 0.651. The predicted molar refractivity (Wildman–Crippen MR) is 72.8 cm³/mol. The maximum absolute atomic E-state index is 5.90. The number of aromatic nitrogens is 2. The molecule has 18 heavy (non-hydrogen) atoms. The average Bonchev–Trinajstić information content (AvgIpc) is 2.79. The number of nitrogens with zero attached hydrogens (tertiary/aromatic N) is 2. The van der Waals surface area contributed by atoms with Gasteiger partial charge < -0.3 is 4.42 Å². The second-order valence-electron chi connectivity index (χ2n) is 3.70. The Balaban J connectivity index is 1.76. The predicted octanol–water partition coefficient (Wildman–Crippen LogP) is 4.17. The van der Waals surface area contributed by atoms with Gasteiger partial charge in [-0.05, 0) is 24.3 Å². The number of fused-ring (bicyclic) bond motifs is 1. The van der Waals surface area contributed by atoms with E-state index in [4.69, 9.17) is 16.0 Å². The first-order valence-electron chi connectivity index (χ1n) is 5.40. The average molecular weight is 277 g/mol. The molecule has 0 saturated heterocycles. The third kappa shape index (κ3) is 2.49. The number of halogens is 1. The minimum atomic E-state index is 0.651. The van der Waals surface area contributed by atoms with Crippen molar-refractivity contribution < 1.29 is 4.42 Å². The molecule has 0 bridgehead atoms. The van der Waals surface area contributed by atoms with E-state index >= 15 is 0 Å². The summed E-state index contributed by atoms with van der Waals surface area (Å²) in [6, 6.07) is 11.3. The standard InChI is InChI=1S/C13H9ClN2OS/c14-9-5-6-15-10(7-9)8-18-13-16-11-3-1-2-4-12(11)17-13/h1-7H,8H2. The van der Waals surface area contributed by atoms with Crippen LogP contribution in [-0.2, 0) is 5.75 Å². The van der Waals surface area contributed by atoms with Crippen LogP contribution in [0.4, 0.5) is 0 Å².